The fourth-order valence-corrected chi connectivity index (χ4v) is 6.10. The number of carbonyl (C=O) groups is 2. The number of hydrogen-bond donors (Lipinski definition) is 1. The molecule has 1 amide bonds. The van der Waals surface area contributed by atoms with Crippen LogP contribution in [-0.4, -0.2) is 39.5 Å². The van der Waals surface area contributed by atoms with Crippen molar-refractivity contribution in [2.45, 2.75) is 57.2 Å². The van der Waals surface area contributed by atoms with E-state index >= 15 is 0 Å². The Bertz CT molecular complexity index is 1200. The summed E-state index contributed by atoms with van der Waals surface area (Å²) < 4.78 is 12.7. The molecule has 0 radical (unpaired) electrons. The first-order valence-electron chi connectivity index (χ1n) is 11.7. The SMILES string of the molecule is COC(=O)c1c(NC(=O)CSc2nnc(COc3ccccc3C)n2C)sc2c1CCCCCC2. The van der Waals surface area contributed by atoms with Gasteiger partial charge in [-0.3, -0.25) is 4.79 Å². The lowest BCUT2D eigenvalue weighted by Gasteiger charge is -2.11. The van der Waals surface area contributed by atoms with E-state index in [1.54, 1.807) is 0 Å². The topological polar surface area (TPSA) is 95.3 Å². The fraction of sp³-hybridized carbons (Fsp3) is 0.440. The number of nitrogens with one attached hydrogen (secondary N) is 1. The van der Waals surface area contributed by atoms with Crippen molar-refractivity contribution in [2.75, 3.05) is 18.2 Å². The molecule has 1 N–H and O–H groups in total. The highest BCUT2D eigenvalue weighted by atomic mass is 32.2. The van der Waals surface area contributed by atoms with Gasteiger partial charge in [0.05, 0.1) is 18.4 Å². The maximum absolute atomic E-state index is 12.8. The number of carbonyl (C=O) groups excluding carboxylic acids is 2. The fourth-order valence-electron chi connectivity index (χ4n) is 4.08. The summed E-state index contributed by atoms with van der Waals surface area (Å²) in [5, 5.41) is 12.6. The maximum Gasteiger partial charge on any atom is 0.341 e. The third-order valence-corrected chi connectivity index (χ3v) is 8.25. The second-order valence-electron chi connectivity index (χ2n) is 8.46. The van der Waals surface area contributed by atoms with Crippen LogP contribution in [0.4, 0.5) is 5.00 Å². The van der Waals surface area contributed by atoms with Crippen molar-refractivity contribution in [3.8, 4) is 5.75 Å². The van der Waals surface area contributed by atoms with Gasteiger partial charge >= 0.3 is 5.97 Å². The number of hydrogen-bond acceptors (Lipinski definition) is 8. The number of ether oxygens (including phenoxy) is 2. The molecule has 1 aromatic carbocycles. The third-order valence-electron chi connectivity index (χ3n) is 6.02. The van der Waals surface area contributed by atoms with Gasteiger partial charge in [0, 0.05) is 11.9 Å². The van der Waals surface area contributed by atoms with Gasteiger partial charge in [0.15, 0.2) is 11.0 Å². The van der Waals surface area contributed by atoms with Crippen LogP contribution in [0.2, 0.25) is 0 Å². The molecular weight excluding hydrogens is 484 g/mol. The molecule has 2 heterocycles. The molecule has 10 heteroatoms. The lowest BCUT2D eigenvalue weighted by atomic mass is 9.96. The van der Waals surface area contributed by atoms with Crippen LogP contribution in [0.5, 0.6) is 5.75 Å². The first-order valence-corrected chi connectivity index (χ1v) is 13.5. The minimum Gasteiger partial charge on any atom is -0.485 e. The second-order valence-corrected chi connectivity index (χ2v) is 10.5. The molecule has 0 aliphatic heterocycles. The van der Waals surface area contributed by atoms with Crippen molar-refractivity contribution in [3.05, 3.63) is 51.7 Å². The van der Waals surface area contributed by atoms with Crippen molar-refractivity contribution in [1.82, 2.24) is 14.8 Å². The summed E-state index contributed by atoms with van der Waals surface area (Å²) in [6, 6.07) is 7.80. The van der Waals surface area contributed by atoms with E-state index in [4.69, 9.17) is 9.47 Å². The van der Waals surface area contributed by atoms with Crippen LogP contribution in [0.1, 0.15) is 57.9 Å². The van der Waals surface area contributed by atoms with Gasteiger partial charge in [-0.1, -0.05) is 42.8 Å². The van der Waals surface area contributed by atoms with Crippen LogP contribution in [0.25, 0.3) is 0 Å². The summed E-state index contributed by atoms with van der Waals surface area (Å²) in [6.07, 6.45) is 6.26. The Labute approximate surface area is 213 Å². The lowest BCUT2D eigenvalue weighted by molar-refractivity contribution is -0.113. The Hall–Kier alpha value is -2.85. The van der Waals surface area contributed by atoms with Crippen LogP contribution in [0, 0.1) is 6.92 Å². The van der Waals surface area contributed by atoms with E-state index in [0.717, 1.165) is 49.0 Å². The molecule has 8 nitrogen and oxygen atoms in total. The molecule has 4 rings (SSSR count). The second kappa shape index (κ2) is 11.7. The molecule has 2 aromatic heterocycles. The molecule has 1 aliphatic carbocycles. The normalized spacial score (nSPS) is 13.5. The zero-order chi connectivity index (χ0) is 24.8. The number of aromatic nitrogens is 3. The Morgan fingerprint density at radius 3 is 2.69 bits per heavy atom. The maximum atomic E-state index is 12.8. The number of para-hydroxylation sites is 1. The van der Waals surface area contributed by atoms with E-state index < -0.39 is 5.97 Å². The van der Waals surface area contributed by atoms with Gasteiger partial charge in [-0.15, -0.1) is 21.5 Å². The van der Waals surface area contributed by atoms with E-state index in [9.17, 15) is 9.59 Å². The van der Waals surface area contributed by atoms with Crippen molar-refractivity contribution in [3.63, 3.8) is 0 Å². The number of rotatable bonds is 8. The monoisotopic (exact) mass is 514 g/mol. The zero-order valence-electron chi connectivity index (χ0n) is 20.3. The lowest BCUT2D eigenvalue weighted by Crippen LogP contribution is -2.16. The first kappa shape index (κ1) is 25.2. The number of benzene rings is 1. The van der Waals surface area contributed by atoms with E-state index in [2.05, 4.69) is 15.5 Å². The molecule has 0 fully saturated rings. The molecule has 0 saturated carbocycles. The highest BCUT2D eigenvalue weighted by molar-refractivity contribution is 7.99. The van der Waals surface area contributed by atoms with Gasteiger partial charge < -0.3 is 19.4 Å². The molecule has 1 aliphatic rings. The van der Waals surface area contributed by atoms with E-state index in [1.165, 1.54) is 41.5 Å². The molecule has 3 aromatic rings. The summed E-state index contributed by atoms with van der Waals surface area (Å²) in [5.74, 6) is 1.03. The quantitative estimate of drug-likeness (QED) is 0.336. The highest BCUT2D eigenvalue weighted by Crippen LogP contribution is 2.37. The Morgan fingerprint density at radius 1 is 1.14 bits per heavy atom. The van der Waals surface area contributed by atoms with E-state index in [-0.39, 0.29) is 18.3 Å². The number of thioether (sulfide) groups is 1. The summed E-state index contributed by atoms with van der Waals surface area (Å²) >= 11 is 2.79. The number of aryl methyl sites for hydroxylation is 2. The first-order chi connectivity index (χ1) is 17.0. The number of esters is 1. The molecule has 35 heavy (non-hydrogen) atoms. The number of anilines is 1. The zero-order valence-corrected chi connectivity index (χ0v) is 21.9. The van der Waals surface area contributed by atoms with Gasteiger partial charge in [0.25, 0.3) is 0 Å². The minimum absolute atomic E-state index is 0.147. The minimum atomic E-state index is -0.391. The molecule has 0 atom stereocenters. The molecule has 186 valence electrons. The van der Waals surface area contributed by atoms with Crippen molar-refractivity contribution < 1.29 is 19.1 Å². The summed E-state index contributed by atoms with van der Waals surface area (Å²) in [7, 11) is 3.23. The van der Waals surface area contributed by atoms with Crippen LogP contribution in [-0.2, 0) is 36.0 Å². The predicted octanol–water partition coefficient (Wildman–Crippen LogP) is 4.94. The van der Waals surface area contributed by atoms with Crippen LogP contribution in [0.15, 0.2) is 29.4 Å². The van der Waals surface area contributed by atoms with Crippen LogP contribution < -0.4 is 10.1 Å². The van der Waals surface area contributed by atoms with Crippen molar-refractivity contribution >= 4 is 40.0 Å². The van der Waals surface area contributed by atoms with E-state index in [0.29, 0.717) is 21.5 Å². The van der Waals surface area contributed by atoms with Crippen LogP contribution in [0.3, 0.4) is 0 Å². The average molecular weight is 515 g/mol. The number of thiophene rings is 1. The van der Waals surface area contributed by atoms with Crippen LogP contribution >= 0.6 is 23.1 Å². The molecule has 0 saturated heterocycles. The number of methoxy groups -OCH3 is 1. The average Bonchev–Trinajstić information content (AvgIpc) is 3.35. The standard InChI is InChI=1S/C25H30N4O4S2/c1-16-10-8-9-12-18(16)33-14-20-27-28-25(29(20)2)34-15-21(30)26-23-22(24(31)32-3)17-11-6-4-5-7-13-19(17)35-23/h8-10,12H,4-7,11,13-15H2,1-3H3,(H,26,30). The Kier molecular flexibility index (Phi) is 8.46. The third kappa shape index (κ3) is 6.05. The molecule has 0 unspecified atom stereocenters. The van der Waals surface area contributed by atoms with Crippen molar-refractivity contribution in [2.24, 2.45) is 7.05 Å². The van der Waals surface area contributed by atoms with Gasteiger partial charge in [-0.2, -0.15) is 0 Å². The number of amides is 1. The van der Waals surface area contributed by atoms with Gasteiger partial charge in [-0.05, 0) is 49.8 Å². The highest BCUT2D eigenvalue weighted by Gasteiger charge is 2.26. The smallest absolute Gasteiger partial charge is 0.341 e. The molecule has 0 bridgehead atoms. The summed E-state index contributed by atoms with van der Waals surface area (Å²) in [4.78, 5) is 26.5. The van der Waals surface area contributed by atoms with Gasteiger partial charge in [-0.25, -0.2) is 4.79 Å². The van der Waals surface area contributed by atoms with Crippen molar-refractivity contribution in [1.29, 1.82) is 0 Å². The molecule has 0 spiro atoms. The Balaban J connectivity index is 1.39. The largest absolute Gasteiger partial charge is 0.485 e. The number of nitrogens with zero attached hydrogens (tertiary/aromatic N) is 3. The summed E-state index contributed by atoms with van der Waals surface area (Å²) in [6.45, 7) is 2.27. The predicted molar refractivity (Wildman–Crippen MR) is 137 cm³/mol. The summed E-state index contributed by atoms with van der Waals surface area (Å²) in [5.41, 5.74) is 2.60. The molecular formula is C25H30N4O4S2. The van der Waals surface area contributed by atoms with Gasteiger partial charge in [0.1, 0.15) is 17.4 Å². The Morgan fingerprint density at radius 2 is 1.91 bits per heavy atom. The van der Waals surface area contributed by atoms with Gasteiger partial charge in [0.2, 0.25) is 5.91 Å². The number of fused-ring (bicyclic) bond motifs is 1. The van der Waals surface area contributed by atoms with E-state index in [1.807, 2.05) is 42.8 Å².